The lowest BCUT2D eigenvalue weighted by molar-refractivity contribution is 0.102. The molecule has 1 amide bonds. The lowest BCUT2D eigenvalue weighted by atomic mass is 10.2. The highest BCUT2D eigenvalue weighted by molar-refractivity contribution is 6.36. The predicted octanol–water partition coefficient (Wildman–Crippen LogP) is 2.02. The van der Waals surface area contributed by atoms with E-state index in [1.807, 2.05) is 0 Å². The van der Waals surface area contributed by atoms with Crippen molar-refractivity contribution in [3.63, 3.8) is 0 Å². The molecule has 106 valence electrons. The predicted molar refractivity (Wildman–Crippen MR) is 77.9 cm³/mol. The molecular formula is C13H15ClN4O2. The van der Waals surface area contributed by atoms with Crippen LogP contribution in [0.25, 0.3) is 0 Å². The molecule has 0 atom stereocenters. The summed E-state index contributed by atoms with van der Waals surface area (Å²) in [6, 6.07) is 4.93. The summed E-state index contributed by atoms with van der Waals surface area (Å²) in [6.45, 7) is 1.17. The summed E-state index contributed by atoms with van der Waals surface area (Å²) >= 11 is 6.00. The highest BCUT2D eigenvalue weighted by Crippen LogP contribution is 2.23. The van der Waals surface area contributed by atoms with Gasteiger partial charge in [0.25, 0.3) is 5.91 Å². The number of ether oxygens (including phenoxy) is 1. The van der Waals surface area contributed by atoms with Crippen molar-refractivity contribution in [3.05, 3.63) is 41.2 Å². The fourth-order valence-corrected chi connectivity index (χ4v) is 1.87. The zero-order valence-corrected chi connectivity index (χ0v) is 11.7. The molecule has 0 bridgehead atoms. The molecule has 2 aromatic rings. The second kappa shape index (κ2) is 6.40. The number of nitrogens with zero attached hydrogens (tertiary/aromatic N) is 2. The number of aromatic nitrogens is 2. The van der Waals surface area contributed by atoms with Crippen molar-refractivity contribution >= 4 is 28.9 Å². The Bertz CT molecular complexity index is 612. The molecule has 7 heteroatoms. The fraction of sp³-hybridized carbons (Fsp3) is 0.231. The van der Waals surface area contributed by atoms with Crippen LogP contribution < -0.4 is 11.1 Å². The van der Waals surface area contributed by atoms with E-state index < -0.39 is 0 Å². The van der Waals surface area contributed by atoms with Crippen LogP contribution in [0.3, 0.4) is 0 Å². The number of anilines is 2. The summed E-state index contributed by atoms with van der Waals surface area (Å²) in [5.74, 6) is -0.325. The van der Waals surface area contributed by atoms with Gasteiger partial charge < -0.3 is 15.8 Å². The third kappa shape index (κ3) is 3.28. The largest absolute Gasteiger partial charge is 0.398 e. The second-order valence-electron chi connectivity index (χ2n) is 4.15. The monoisotopic (exact) mass is 294 g/mol. The third-order valence-electron chi connectivity index (χ3n) is 2.69. The van der Waals surface area contributed by atoms with Gasteiger partial charge >= 0.3 is 0 Å². The van der Waals surface area contributed by atoms with Crippen LogP contribution in [0.15, 0.2) is 30.6 Å². The number of amides is 1. The molecule has 6 nitrogen and oxygen atoms in total. The van der Waals surface area contributed by atoms with E-state index in [1.54, 1.807) is 42.4 Å². The normalized spacial score (nSPS) is 10.5. The van der Waals surface area contributed by atoms with Gasteiger partial charge in [0.2, 0.25) is 0 Å². The Morgan fingerprint density at radius 1 is 1.55 bits per heavy atom. The van der Waals surface area contributed by atoms with Crippen molar-refractivity contribution < 1.29 is 9.53 Å². The number of carbonyl (C=O) groups excluding carboxylic acids is 1. The van der Waals surface area contributed by atoms with Crippen molar-refractivity contribution in [2.45, 2.75) is 6.54 Å². The Morgan fingerprint density at radius 3 is 3.10 bits per heavy atom. The molecule has 1 aromatic carbocycles. The van der Waals surface area contributed by atoms with Crippen LogP contribution in [0.2, 0.25) is 5.02 Å². The minimum Gasteiger partial charge on any atom is -0.398 e. The summed E-state index contributed by atoms with van der Waals surface area (Å²) in [4.78, 5) is 12.1. The molecule has 0 saturated carbocycles. The molecule has 0 radical (unpaired) electrons. The standard InChI is InChI=1S/C13H15ClN4O2/c1-20-6-5-18-8-9(7-16-18)17-13(19)10-3-2-4-11(15)12(10)14/h2-4,7-8H,5-6,15H2,1H3,(H,17,19). The van der Waals surface area contributed by atoms with Gasteiger partial charge in [0.15, 0.2) is 0 Å². The van der Waals surface area contributed by atoms with Crippen molar-refractivity contribution in [3.8, 4) is 0 Å². The number of carbonyl (C=O) groups is 1. The average Bonchev–Trinajstić information content (AvgIpc) is 2.87. The zero-order chi connectivity index (χ0) is 14.5. The lowest BCUT2D eigenvalue weighted by Gasteiger charge is -2.06. The number of nitrogen functional groups attached to an aromatic ring is 1. The van der Waals surface area contributed by atoms with Gasteiger partial charge in [0.1, 0.15) is 0 Å². The summed E-state index contributed by atoms with van der Waals surface area (Å²) < 4.78 is 6.64. The number of halogens is 1. The third-order valence-corrected chi connectivity index (χ3v) is 3.11. The Morgan fingerprint density at radius 2 is 2.35 bits per heavy atom. The van der Waals surface area contributed by atoms with Gasteiger partial charge in [-0.25, -0.2) is 0 Å². The van der Waals surface area contributed by atoms with Crippen molar-refractivity contribution in [2.24, 2.45) is 0 Å². The van der Waals surface area contributed by atoms with E-state index >= 15 is 0 Å². The maximum absolute atomic E-state index is 12.1. The highest BCUT2D eigenvalue weighted by Gasteiger charge is 2.13. The number of nitrogens with one attached hydrogen (secondary N) is 1. The fourth-order valence-electron chi connectivity index (χ4n) is 1.66. The smallest absolute Gasteiger partial charge is 0.257 e. The quantitative estimate of drug-likeness (QED) is 0.827. The van der Waals surface area contributed by atoms with Crippen LogP contribution in [0.1, 0.15) is 10.4 Å². The number of methoxy groups -OCH3 is 1. The number of hydrogen-bond donors (Lipinski definition) is 2. The zero-order valence-electron chi connectivity index (χ0n) is 11.0. The molecule has 0 spiro atoms. The van der Waals surface area contributed by atoms with Gasteiger partial charge in [-0.15, -0.1) is 0 Å². The Kier molecular flexibility index (Phi) is 4.60. The molecule has 0 unspecified atom stereocenters. The summed E-state index contributed by atoms with van der Waals surface area (Å²) in [7, 11) is 1.62. The Labute approximate surface area is 121 Å². The van der Waals surface area contributed by atoms with Gasteiger partial charge in [-0.1, -0.05) is 17.7 Å². The Hall–Kier alpha value is -2.05. The lowest BCUT2D eigenvalue weighted by Crippen LogP contribution is -2.12. The molecule has 0 saturated heterocycles. The summed E-state index contributed by atoms with van der Waals surface area (Å²) in [5.41, 5.74) is 6.96. The van der Waals surface area contributed by atoms with Crippen molar-refractivity contribution in [1.82, 2.24) is 9.78 Å². The minimum atomic E-state index is -0.325. The van der Waals surface area contributed by atoms with E-state index in [4.69, 9.17) is 22.1 Å². The average molecular weight is 295 g/mol. The van der Waals surface area contributed by atoms with Crippen LogP contribution in [0, 0.1) is 0 Å². The molecule has 0 aliphatic rings. The second-order valence-corrected chi connectivity index (χ2v) is 4.53. The van der Waals surface area contributed by atoms with Crippen LogP contribution >= 0.6 is 11.6 Å². The summed E-state index contributed by atoms with van der Waals surface area (Å²) in [5, 5.41) is 7.07. The number of benzene rings is 1. The maximum Gasteiger partial charge on any atom is 0.257 e. The van der Waals surface area contributed by atoms with E-state index in [9.17, 15) is 4.79 Å². The van der Waals surface area contributed by atoms with Gasteiger partial charge in [0, 0.05) is 13.3 Å². The van der Waals surface area contributed by atoms with E-state index in [0.717, 1.165) is 0 Å². The van der Waals surface area contributed by atoms with Crippen molar-refractivity contribution in [1.29, 1.82) is 0 Å². The van der Waals surface area contributed by atoms with E-state index in [-0.39, 0.29) is 10.9 Å². The van der Waals surface area contributed by atoms with E-state index in [2.05, 4.69) is 10.4 Å². The van der Waals surface area contributed by atoms with Crippen LogP contribution in [-0.4, -0.2) is 29.4 Å². The van der Waals surface area contributed by atoms with Crippen LogP contribution in [0.4, 0.5) is 11.4 Å². The SMILES string of the molecule is COCCn1cc(NC(=O)c2cccc(N)c2Cl)cn1. The molecule has 20 heavy (non-hydrogen) atoms. The van der Waals surface area contributed by atoms with E-state index in [0.29, 0.717) is 30.1 Å². The Balaban J connectivity index is 2.07. The maximum atomic E-state index is 12.1. The molecule has 3 N–H and O–H groups in total. The van der Waals surface area contributed by atoms with Crippen LogP contribution in [0.5, 0.6) is 0 Å². The molecule has 1 heterocycles. The molecular weight excluding hydrogens is 280 g/mol. The summed E-state index contributed by atoms with van der Waals surface area (Å²) in [6.07, 6.45) is 3.28. The molecule has 1 aromatic heterocycles. The molecule has 2 rings (SSSR count). The molecule has 0 aliphatic carbocycles. The minimum absolute atomic E-state index is 0.247. The van der Waals surface area contributed by atoms with Gasteiger partial charge in [-0.05, 0) is 12.1 Å². The number of nitrogens with two attached hydrogens (primary N) is 1. The van der Waals surface area contributed by atoms with Gasteiger partial charge in [-0.2, -0.15) is 5.10 Å². The van der Waals surface area contributed by atoms with Gasteiger partial charge in [-0.3, -0.25) is 9.48 Å². The molecule has 0 aliphatic heterocycles. The first kappa shape index (κ1) is 14.4. The first-order chi connectivity index (χ1) is 9.61. The number of hydrogen-bond acceptors (Lipinski definition) is 4. The van der Waals surface area contributed by atoms with Gasteiger partial charge in [0.05, 0.1) is 41.3 Å². The van der Waals surface area contributed by atoms with Crippen LogP contribution in [-0.2, 0) is 11.3 Å². The number of rotatable bonds is 5. The first-order valence-corrected chi connectivity index (χ1v) is 6.36. The molecule has 0 fully saturated rings. The topological polar surface area (TPSA) is 82.2 Å². The highest BCUT2D eigenvalue weighted by atomic mass is 35.5. The first-order valence-electron chi connectivity index (χ1n) is 5.98. The van der Waals surface area contributed by atoms with E-state index in [1.165, 1.54) is 0 Å². The van der Waals surface area contributed by atoms with Crippen molar-refractivity contribution in [2.75, 3.05) is 24.8 Å².